The van der Waals surface area contributed by atoms with E-state index in [1.165, 1.54) is 19.3 Å². The number of pyridine rings is 1. The Morgan fingerprint density at radius 2 is 1.91 bits per heavy atom. The van der Waals surface area contributed by atoms with Crippen molar-refractivity contribution in [3.63, 3.8) is 0 Å². The van der Waals surface area contributed by atoms with Gasteiger partial charge >= 0.3 is 5.97 Å². The second kappa shape index (κ2) is 17.3. The summed E-state index contributed by atoms with van der Waals surface area (Å²) >= 11 is 0. The molecular formula is C37H56N3O5-. The predicted molar refractivity (Wildman–Crippen MR) is 177 cm³/mol. The van der Waals surface area contributed by atoms with E-state index in [0.29, 0.717) is 43.8 Å². The SMILES string of the molecule is CCCCC[C@@H]1C=C[C@@H](CCCCC[C@H](C(=O)O)[C@H](O)CC[C@]2(O)C[C@H](Cc3ccnc(N)c3)C[C@H]2Cc2ccc[n-]2)[C@H](O)C1. The number of aliphatic hydroxyl groups excluding tert-OH is 2. The molecule has 8 nitrogen and oxygen atoms in total. The van der Waals surface area contributed by atoms with Crippen LogP contribution in [0.4, 0.5) is 5.82 Å². The Hall–Kier alpha value is -2.68. The number of anilines is 1. The van der Waals surface area contributed by atoms with E-state index >= 15 is 0 Å². The van der Waals surface area contributed by atoms with Crippen molar-refractivity contribution in [1.82, 2.24) is 9.97 Å². The normalized spacial score (nSPS) is 27.9. The van der Waals surface area contributed by atoms with Crippen LogP contribution in [0.1, 0.15) is 108 Å². The Balaban J connectivity index is 1.25. The van der Waals surface area contributed by atoms with Crippen LogP contribution in [0.15, 0.2) is 48.8 Å². The van der Waals surface area contributed by atoms with E-state index in [1.807, 2.05) is 24.3 Å². The molecule has 2 aromatic heterocycles. The average Bonchev–Trinajstić information content (AvgIpc) is 3.62. The van der Waals surface area contributed by atoms with E-state index in [1.54, 1.807) is 12.4 Å². The van der Waals surface area contributed by atoms with Crippen molar-refractivity contribution in [2.75, 3.05) is 5.73 Å². The van der Waals surface area contributed by atoms with E-state index in [2.05, 4.69) is 29.0 Å². The molecule has 8 heteroatoms. The van der Waals surface area contributed by atoms with E-state index < -0.39 is 23.6 Å². The first-order chi connectivity index (χ1) is 21.7. The summed E-state index contributed by atoms with van der Waals surface area (Å²) in [4.78, 5) is 20.7. The third-order valence-corrected chi connectivity index (χ3v) is 10.5. The van der Waals surface area contributed by atoms with Gasteiger partial charge in [0.1, 0.15) is 5.82 Å². The van der Waals surface area contributed by atoms with Gasteiger partial charge in [0, 0.05) is 12.1 Å². The van der Waals surface area contributed by atoms with Gasteiger partial charge in [0.25, 0.3) is 0 Å². The van der Waals surface area contributed by atoms with Crippen LogP contribution in [-0.4, -0.2) is 49.2 Å². The molecule has 2 aliphatic carbocycles. The maximum absolute atomic E-state index is 12.2. The van der Waals surface area contributed by atoms with Crippen LogP contribution < -0.4 is 10.7 Å². The van der Waals surface area contributed by atoms with Crippen molar-refractivity contribution in [3.8, 4) is 0 Å². The zero-order valence-electron chi connectivity index (χ0n) is 27.1. The second-order valence-corrected chi connectivity index (χ2v) is 14.0. The summed E-state index contributed by atoms with van der Waals surface area (Å²) < 4.78 is 0. The number of aromatic nitrogens is 2. The highest BCUT2D eigenvalue weighted by atomic mass is 16.4. The van der Waals surface area contributed by atoms with Crippen molar-refractivity contribution in [1.29, 1.82) is 0 Å². The van der Waals surface area contributed by atoms with Crippen LogP contribution in [0.2, 0.25) is 0 Å². The number of aliphatic carboxylic acids is 1. The molecule has 0 radical (unpaired) electrons. The van der Waals surface area contributed by atoms with Crippen LogP contribution >= 0.6 is 0 Å². The zero-order chi connectivity index (χ0) is 32.2. The van der Waals surface area contributed by atoms with Crippen molar-refractivity contribution < 1.29 is 25.2 Å². The number of nitrogens with zero attached hydrogens (tertiary/aromatic N) is 2. The van der Waals surface area contributed by atoms with Crippen LogP contribution in [0, 0.1) is 29.6 Å². The predicted octanol–water partition coefficient (Wildman–Crippen LogP) is 6.09. The molecule has 2 aliphatic rings. The Morgan fingerprint density at radius 3 is 2.62 bits per heavy atom. The monoisotopic (exact) mass is 622 g/mol. The fourth-order valence-corrected chi connectivity index (χ4v) is 7.92. The molecule has 0 bridgehead atoms. The van der Waals surface area contributed by atoms with Crippen molar-refractivity contribution >= 4 is 11.8 Å². The number of carboxylic acids is 1. The van der Waals surface area contributed by atoms with Gasteiger partial charge in [-0.25, -0.2) is 4.98 Å². The number of hydrogen-bond acceptors (Lipinski definition) is 6. The molecule has 0 aliphatic heterocycles. The summed E-state index contributed by atoms with van der Waals surface area (Å²) in [6.07, 6.45) is 19.6. The molecule has 0 saturated heterocycles. The Labute approximate surface area is 269 Å². The van der Waals surface area contributed by atoms with Gasteiger partial charge in [0.15, 0.2) is 0 Å². The molecule has 1 fully saturated rings. The summed E-state index contributed by atoms with van der Waals surface area (Å²) in [6.45, 7) is 2.21. The van der Waals surface area contributed by atoms with E-state index in [4.69, 9.17) is 5.73 Å². The van der Waals surface area contributed by atoms with Gasteiger partial charge in [-0.3, -0.25) is 4.79 Å². The van der Waals surface area contributed by atoms with Gasteiger partial charge in [-0.05, 0) is 99.7 Å². The van der Waals surface area contributed by atoms with Gasteiger partial charge < -0.3 is 31.1 Å². The molecule has 0 amide bonds. The number of rotatable bonds is 19. The van der Waals surface area contributed by atoms with Crippen molar-refractivity contribution in [2.45, 2.75) is 127 Å². The standard InChI is InChI=1S/C37H56N3O5/c1-2-3-5-9-26-13-14-29(34(42)22-26)10-6-4-7-12-32(36(43)44)33(41)15-17-37(45)25-28(20-27-16-19-40-35(38)23-27)21-30(37)24-31-11-8-18-39-31/h8,11,13-14,16,18-19,23,26,28-30,32-34,41-42,45H,2-7,9-10,12,15,17,20-22,24-25H2,1H3,(H2,38,40)(H,43,44)/q-1/t26-,28-,29-,30+,32+,33-,34-,37+/m1/s1. The lowest BCUT2D eigenvalue weighted by atomic mass is 9.80. The fraction of sp³-hybridized carbons (Fsp3) is 0.676. The van der Waals surface area contributed by atoms with Crippen LogP contribution in [0.25, 0.3) is 0 Å². The molecule has 250 valence electrons. The highest BCUT2D eigenvalue weighted by molar-refractivity contribution is 5.70. The maximum atomic E-state index is 12.2. The zero-order valence-corrected chi connectivity index (χ0v) is 27.1. The molecule has 1 saturated carbocycles. The Bertz CT molecular complexity index is 1190. The molecule has 4 rings (SSSR count). The van der Waals surface area contributed by atoms with Crippen molar-refractivity contribution in [2.24, 2.45) is 29.6 Å². The summed E-state index contributed by atoms with van der Waals surface area (Å²) in [5, 5.41) is 43.6. The van der Waals surface area contributed by atoms with Gasteiger partial charge in [-0.1, -0.05) is 69.7 Å². The molecule has 2 aromatic rings. The molecule has 0 unspecified atom stereocenters. The maximum Gasteiger partial charge on any atom is 0.309 e. The fourth-order valence-electron chi connectivity index (χ4n) is 7.92. The van der Waals surface area contributed by atoms with Crippen molar-refractivity contribution in [3.05, 3.63) is 60.1 Å². The van der Waals surface area contributed by atoms with Crippen LogP contribution in [0.5, 0.6) is 0 Å². The second-order valence-electron chi connectivity index (χ2n) is 14.0. The summed E-state index contributed by atoms with van der Waals surface area (Å²) in [5.41, 5.74) is 6.92. The first-order valence-electron chi connectivity index (χ1n) is 17.4. The quantitative estimate of drug-likeness (QED) is 0.0933. The van der Waals surface area contributed by atoms with Gasteiger partial charge in [-0.2, -0.15) is 11.9 Å². The Morgan fingerprint density at radius 1 is 1.09 bits per heavy atom. The van der Waals surface area contributed by atoms with Gasteiger partial charge in [-0.15, -0.1) is 0 Å². The lowest BCUT2D eigenvalue weighted by molar-refractivity contribution is -0.146. The first-order valence-corrected chi connectivity index (χ1v) is 17.4. The minimum atomic E-state index is -1.02. The topological polar surface area (TPSA) is 151 Å². The number of allylic oxidation sites excluding steroid dienone is 1. The number of carboxylic acid groups (broad SMARTS) is 1. The molecule has 6 N–H and O–H groups in total. The Kier molecular flexibility index (Phi) is 13.5. The number of hydrogen-bond donors (Lipinski definition) is 5. The molecule has 0 spiro atoms. The summed E-state index contributed by atoms with van der Waals surface area (Å²) in [5.74, 6) is -0.475. The lowest BCUT2D eigenvalue weighted by Crippen LogP contribution is -2.37. The van der Waals surface area contributed by atoms with Gasteiger partial charge in [0.05, 0.1) is 23.7 Å². The number of carbonyl (C=O) groups is 1. The number of aliphatic hydroxyl groups is 3. The third kappa shape index (κ3) is 10.7. The number of nitrogens with two attached hydrogens (primary N) is 1. The minimum Gasteiger partial charge on any atom is -0.668 e. The highest BCUT2D eigenvalue weighted by Gasteiger charge is 2.45. The molecular weight excluding hydrogens is 566 g/mol. The molecule has 45 heavy (non-hydrogen) atoms. The molecule has 2 heterocycles. The minimum absolute atomic E-state index is 0.0251. The molecule has 8 atom stereocenters. The summed E-state index contributed by atoms with van der Waals surface area (Å²) in [6, 6.07) is 7.72. The van der Waals surface area contributed by atoms with Crippen LogP contribution in [-0.2, 0) is 17.6 Å². The highest BCUT2D eigenvalue weighted by Crippen LogP contribution is 2.46. The summed E-state index contributed by atoms with van der Waals surface area (Å²) in [7, 11) is 0. The number of unbranched alkanes of at least 4 members (excludes halogenated alkanes) is 4. The van der Waals surface area contributed by atoms with E-state index in [-0.39, 0.29) is 30.3 Å². The van der Waals surface area contributed by atoms with Crippen LogP contribution in [0.3, 0.4) is 0 Å². The van der Waals surface area contributed by atoms with Gasteiger partial charge in [0.2, 0.25) is 0 Å². The molecule has 0 aromatic carbocycles. The third-order valence-electron chi connectivity index (χ3n) is 10.5. The number of nitrogen functional groups attached to an aromatic ring is 1. The largest absolute Gasteiger partial charge is 0.668 e. The van der Waals surface area contributed by atoms with E-state index in [9.17, 15) is 25.2 Å². The first kappa shape index (κ1) is 35.2. The lowest BCUT2D eigenvalue weighted by Gasteiger charge is -2.33. The van der Waals surface area contributed by atoms with E-state index in [0.717, 1.165) is 56.2 Å². The average molecular weight is 623 g/mol. The smallest absolute Gasteiger partial charge is 0.309 e.